The van der Waals surface area contributed by atoms with Crippen LogP contribution in [0, 0.1) is 5.82 Å². The van der Waals surface area contributed by atoms with Gasteiger partial charge in [0.15, 0.2) is 0 Å². The van der Waals surface area contributed by atoms with Gasteiger partial charge in [-0.3, -0.25) is 0 Å². The molecule has 0 radical (unpaired) electrons. The molecule has 0 amide bonds. The first-order chi connectivity index (χ1) is 9.18. The van der Waals surface area contributed by atoms with E-state index in [4.69, 9.17) is 5.73 Å². The molecule has 0 aliphatic heterocycles. The fourth-order valence-electron chi connectivity index (χ4n) is 2.17. The zero-order valence-corrected chi connectivity index (χ0v) is 12.3. The largest absolute Gasteiger partial charge is 0.320 e. The number of thiophene rings is 1. The van der Waals surface area contributed by atoms with Crippen LogP contribution in [0.15, 0.2) is 52.3 Å². The SMILES string of the molecule is NC(c1cccc(Br)c1F)c1csc2ccccc12. The zero-order valence-electron chi connectivity index (χ0n) is 9.94. The van der Waals surface area contributed by atoms with E-state index in [-0.39, 0.29) is 5.82 Å². The van der Waals surface area contributed by atoms with E-state index in [1.807, 2.05) is 29.6 Å². The van der Waals surface area contributed by atoms with Gasteiger partial charge < -0.3 is 5.73 Å². The van der Waals surface area contributed by atoms with Crippen molar-refractivity contribution in [3.05, 3.63) is 69.3 Å². The first kappa shape index (κ1) is 12.8. The Labute approximate surface area is 123 Å². The van der Waals surface area contributed by atoms with Crippen LogP contribution in [0.3, 0.4) is 0 Å². The Bertz CT molecular complexity index is 738. The molecule has 0 aliphatic rings. The average molecular weight is 336 g/mol. The van der Waals surface area contributed by atoms with E-state index in [2.05, 4.69) is 15.9 Å². The summed E-state index contributed by atoms with van der Waals surface area (Å²) in [7, 11) is 0. The standard InChI is InChI=1S/C15H11BrFNS/c16-12-6-3-5-10(14(12)17)15(18)11-8-19-13-7-2-1-4-9(11)13/h1-8,15H,18H2. The third-order valence-corrected chi connectivity index (χ3v) is 4.76. The Morgan fingerprint density at radius 1 is 1.05 bits per heavy atom. The summed E-state index contributed by atoms with van der Waals surface area (Å²) >= 11 is 4.83. The highest BCUT2D eigenvalue weighted by Crippen LogP contribution is 2.34. The van der Waals surface area contributed by atoms with Crippen molar-refractivity contribution in [1.29, 1.82) is 0 Å². The fraction of sp³-hybridized carbons (Fsp3) is 0.0667. The molecule has 0 saturated carbocycles. The number of hydrogen-bond acceptors (Lipinski definition) is 2. The van der Waals surface area contributed by atoms with Crippen molar-refractivity contribution in [3.8, 4) is 0 Å². The molecule has 1 aromatic heterocycles. The normalized spacial score (nSPS) is 12.8. The van der Waals surface area contributed by atoms with Crippen molar-refractivity contribution in [3.63, 3.8) is 0 Å². The number of hydrogen-bond donors (Lipinski definition) is 1. The molecular weight excluding hydrogens is 325 g/mol. The lowest BCUT2D eigenvalue weighted by Gasteiger charge is -2.13. The van der Waals surface area contributed by atoms with Gasteiger partial charge >= 0.3 is 0 Å². The maximum Gasteiger partial charge on any atom is 0.142 e. The Morgan fingerprint density at radius 3 is 2.68 bits per heavy atom. The fourth-order valence-corrected chi connectivity index (χ4v) is 3.55. The number of nitrogens with two attached hydrogens (primary N) is 1. The van der Waals surface area contributed by atoms with Gasteiger partial charge in [-0.15, -0.1) is 11.3 Å². The molecule has 4 heteroatoms. The minimum atomic E-state index is -0.450. The van der Waals surface area contributed by atoms with Crippen LogP contribution in [0.4, 0.5) is 4.39 Å². The summed E-state index contributed by atoms with van der Waals surface area (Å²) in [5, 5.41) is 3.11. The van der Waals surface area contributed by atoms with Gasteiger partial charge in [0.05, 0.1) is 10.5 Å². The van der Waals surface area contributed by atoms with Crippen LogP contribution in [0.1, 0.15) is 17.2 Å². The van der Waals surface area contributed by atoms with Gasteiger partial charge in [-0.1, -0.05) is 30.3 Å². The van der Waals surface area contributed by atoms with Crippen LogP contribution in [-0.2, 0) is 0 Å². The number of halogens is 2. The highest BCUT2D eigenvalue weighted by Gasteiger charge is 2.18. The quantitative estimate of drug-likeness (QED) is 0.711. The van der Waals surface area contributed by atoms with Crippen molar-refractivity contribution >= 4 is 37.4 Å². The van der Waals surface area contributed by atoms with E-state index in [0.717, 1.165) is 10.9 Å². The molecule has 0 saturated heterocycles. The molecule has 0 fully saturated rings. The third-order valence-electron chi connectivity index (χ3n) is 3.16. The highest BCUT2D eigenvalue weighted by molar-refractivity contribution is 9.10. The van der Waals surface area contributed by atoms with Gasteiger partial charge in [0.2, 0.25) is 0 Å². The molecule has 0 aliphatic carbocycles. The van der Waals surface area contributed by atoms with Crippen LogP contribution in [-0.4, -0.2) is 0 Å². The molecule has 1 atom stereocenters. The van der Waals surface area contributed by atoms with E-state index in [1.165, 1.54) is 4.70 Å². The van der Waals surface area contributed by atoms with Gasteiger partial charge in [-0.25, -0.2) is 4.39 Å². The predicted octanol–water partition coefficient (Wildman–Crippen LogP) is 4.85. The van der Waals surface area contributed by atoms with Gasteiger partial charge in [-0.2, -0.15) is 0 Å². The maximum absolute atomic E-state index is 14.1. The van der Waals surface area contributed by atoms with Crippen molar-refractivity contribution in [2.24, 2.45) is 5.73 Å². The van der Waals surface area contributed by atoms with Gasteiger partial charge in [0.1, 0.15) is 5.82 Å². The second-order valence-electron chi connectivity index (χ2n) is 4.31. The van der Waals surface area contributed by atoms with Crippen LogP contribution >= 0.6 is 27.3 Å². The molecule has 0 bridgehead atoms. The van der Waals surface area contributed by atoms with E-state index < -0.39 is 6.04 Å². The summed E-state index contributed by atoms with van der Waals surface area (Å²) in [4.78, 5) is 0. The van der Waals surface area contributed by atoms with Crippen LogP contribution in [0.2, 0.25) is 0 Å². The Hall–Kier alpha value is -1.23. The van der Waals surface area contributed by atoms with Crippen molar-refractivity contribution in [2.75, 3.05) is 0 Å². The molecule has 0 spiro atoms. The minimum absolute atomic E-state index is 0.287. The highest BCUT2D eigenvalue weighted by atomic mass is 79.9. The molecule has 1 unspecified atom stereocenters. The first-order valence-corrected chi connectivity index (χ1v) is 7.51. The number of fused-ring (bicyclic) bond motifs is 1. The second kappa shape index (κ2) is 5.04. The Kier molecular flexibility index (Phi) is 3.39. The second-order valence-corrected chi connectivity index (χ2v) is 6.07. The smallest absolute Gasteiger partial charge is 0.142 e. The summed E-state index contributed by atoms with van der Waals surface area (Å²) in [5.41, 5.74) is 7.72. The maximum atomic E-state index is 14.1. The van der Waals surface area contributed by atoms with Crippen molar-refractivity contribution in [2.45, 2.75) is 6.04 Å². The first-order valence-electron chi connectivity index (χ1n) is 5.84. The molecule has 2 aromatic carbocycles. The molecule has 2 N–H and O–H groups in total. The summed E-state index contributed by atoms with van der Waals surface area (Å²) in [6, 6.07) is 12.8. The molecule has 19 heavy (non-hydrogen) atoms. The average Bonchev–Trinajstić information content (AvgIpc) is 2.85. The molecule has 3 aromatic rings. The summed E-state index contributed by atoms with van der Waals surface area (Å²) in [6.45, 7) is 0. The molecular formula is C15H11BrFNS. The number of benzene rings is 2. The third kappa shape index (κ3) is 2.20. The van der Waals surface area contributed by atoms with Gasteiger partial charge in [-0.05, 0) is 44.4 Å². The molecule has 1 heterocycles. The summed E-state index contributed by atoms with van der Waals surface area (Å²) in [6.07, 6.45) is 0. The van der Waals surface area contributed by atoms with Crippen molar-refractivity contribution in [1.82, 2.24) is 0 Å². The molecule has 96 valence electrons. The lowest BCUT2D eigenvalue weighted by Crippen LogP contribution is -2.13. The predicted molar refractivity (Wildman–Crippen MR) is 82.0 cm³/mol. The van der Waals surface area contributed by atoms with E-state index in [9.17, 15) is 4.39 Å². The monoisotopic (exact) mass is 335 g/mol. The van der Waals surface area contributed by atoms with Crippen LogP contribution in [0.5, 0.6) is 0 Å². The molecule has 1 nitrogen and oxygen atoms in total. The lowest BCUT2D eigenvalue weighted by atomic mass is 9.99. The minimum Gasteiger partial charge on any atom is -0.320 e. The number of rotatable bonds is 2. The van der Waals surface area contributed by atoms with Crippen molar-refractivity contribution < 1.29 is 4.39 Å². The van der Waals surface area contributed by atoms with E-state index >= 15 is 0 Å². The Balaban J connectivity index is 2.13. The zero-order chi connectivity index (χ0) is 13.4. The van der Waals surface area contributed by atoms with E-state index in [1.54, 1.807) is 29.5 Å². The van der Waals surface area contributed by atoms with Crippen LogP contribution in [0.25, 0.3) is 10.1 Å². The van der Waals surface area contributed by atoms with Gasteiger partial charge in [0, 0.05) is 10.3 Å². The van der Waals surface area contributed by atoms with Crippen LogP contribution < -0.4 is 5.73 Å². The molecule has 3 rings (SSSR count). The Morgan fingerprint density at radius 2 is 1.84 bits per heavy atom. The van der Waals surface area contributed by atoms with E-state index in [0.29, 0.717) is 10.0 Å². The topological polar surface area (TPSA) is 26.0 Å². The summed E-state index contributed by atoms with van der Waals surface area (Å²) in [5.74, 6) is -0.287. The lowest BCUT2D eigenvalue weighted by molar-refractivity contribution is 0.594. The summed E-state index contributed by atoms with van der Waals surface area (Å²) < 4.78 is 15.7. The van der Waals surface area contributed by atoms with Gasteiger partial charge in [0.25, 0.3) is 0 Å².